The van der Waals surface area contributed by atoms with Crippen LogP contribution in [0.5, 0.6) is 0 Å². The van der Waals surface area contributed by atoms with E-state index in [1.165, 1.54) is 19.3 Å². The molecule has 1 atom stereocenters. The Morgan fingerprint density at radius 2 is 1.95 bits per heavy atom. The summed E-state index contributed by atoms with van der Waals surface area (Å²) in [5.41, 5.74) is 4.54. The zero-order valence-corrected chi connectivity index (χ0v) is 12.3. The summed E-state index contributed by atoms with van der Waals surface area (Å²) in [6, 6.07) is 13.7. The van der Waals surface area contributed by atoms with Crippen LogP contribution < -0.4 is 5.43 Å². The lowest BCUT2D eigenvalue weighted by Crippen LogP contribution is -2.24. The molecule has 0 radical (unpaired) electrons. The zero-order valence-electron chi connectivity index (χ0n) is 12.3. The third-order valence-corrected chi connectivity index (χ3v) is 4.22. The molecule has 1 aliphatic rings. The van der Waals surface area contributed by atoms with E-state index in [1.54, 1.807) is 0 Å². The third kappa shape index (κ3) is 2.97. The van der Waals surface area contributed by atoms with Crippen LogP contribution in [-0.2, 0) is 0 Å². The van der Waals surface area contributed by atoms with E-state index < -0.39 is 0 Å². The average Bonchev–Trinajstić information content (AvgIpc) is 2.53. The van der Waals surface area contributed by atoms with Crippen molar-refractivity contribution in [3.05, 3.63) is 48.0 Å². The van der Waals surface area contributed by atoms with Gasteiger partial charge in [-0.3, -0.25) is 4.79 Å². The standard InChI is InChI=1S/C18H20N2O/c1-13-7-2-5-12-17(13)19-20-18(21)16-11-6-9-14-8-3-4-10-15(14)16/h3-4,6,8-11,13H,2,5,7,12H2,1H3,(H,20,21). The van der Waals surface area contributed by atoms with Crippen molar-refractivity contribution in [1.82, 2.24) is 5.43 Å². The van der Waals surface area contributed by atoms with Gasteiger partial charge in [-0.15, -0.1) is 0 Å². The fraction of sp³-hybridized carbons (Fsp3) is 0.333. The van der Waals surface area contributed by atoms with Gasteiger partial charge in [-0.25, -0.2) is 5.43 Å². The maximum Gasteiger partial charge on any atom is 0.271 e. The number of rotatable bonds is 2. The van der Waals surface area contributed by atoms with E-state index in [0.29, 0.717) is 11.5 Å². The van der Waals surface area contributed by atoms with E-state index in [-0.39, 0.29) is 5.91 Å². The van der Waals surface area contributed by atoms with E-state index in [9.17, 15) is 4.79 Å². The quantitative estimate of drug-likeness (QED) is 0.825. The Morgan fingerprint density at radius 3 is 2.81 bits per heavy atom. The highest BCUT2D eigenvalue weighted by Crippen LogP contribution is 2.21. The fourth-order valence-electron chi connectivity index (χ4n) is 2.94. The van der Waals surface area contributed by atoms with Crippen LogP contribution in [0.25, 0.3) is 10.8 Å². The van der Waals surface area contributed by atoms with Gasteiger partial charge < -0.3 is 0 Å². The molecule has 2 aromatic rings. The third-order valence-electron chi connectivity index (χ3n) is 4.22. The predicted octanol–water partition coefficient (Wildman–Crippen LogP) is 4.14. The summed E-state index contributed by atoms with van der Waals surface area (Å²) in [5, 5.41) is 6.40. The summed E-state index contributed by atoms with van der Waals surface area (Å²) in [6.45, 7) is 2.18. The van der Waals surface area contributed by atoms with Gasteiger partial charge in [0.05, 0.1) is 0 Å². The molecule has 2 aromatic carbocycles. The van der Waals surface area contributed by atoms with Gasteiger partial charge in [-0.2, -0.15) is 5.10 Å². The van der Waals surface area contributed by atoms with Gasteiger partial charge in [-0.1, -0.05) is 49.7 Å². The minimum Gasteiger partial charge on any atom is -0.267 e. The lowest BCUT2D eigenvalue weighted by molar-refractivity contribution is 0.0956. The molecule has 0 saturated heterocycles. The van der Waals surface area contributed by atoms with Crippen molar-refractivity contribution in [3.63, 3.8) is 0 Å². The number of carbonyl (C=O) groups is 1. The number of benzene rings is 2. The van der Waals surface area contributed by atoms with Crippen LogP contribution in [0.4, 0.5) is 0 Å². The van der Waals surface area contributed by atoms with E-state index >= 15 is 0 Å². The van der Waals surface area contributed by atoms with E-state index in [4.69, 9.17) is 0 Å². The monoisotopic (exact) mass is 280 g/mol. The molecule has 3 nitrogen and oxygen atoms in total. The molecule has 1 saturated carbocycles. The summed E-state index contributed by atoms with van der Waals surface area (Å²) < 4.78 is 0. The molecular weight excluding hydrogens is 260 g/mol. The van der Waals surface area contributed by atoms with E-state index in [1.807, 2.05) is 42.5 Å². The number of hydrogen-bond donors (Lipinski definition) is 1. The van der Waals surface area contributed by atoms with Crippen molar-refractivity contribution >= 4 is 22.4 Å². The highest BCUT2D eigenvalue weighted by Gasteiger charge is 2.16. The van der Waals surface area contributed by atoms with Crippen LogP contribution in [-0.4, -0.2) is 11.6 Å². The number of amides is 1. The summed E-state index contributed by atoms with van der Waals surface area (Å²) in [4.78, 5) is 12.4. The second kappa shape index (κ2) is 6.08. The van der Waals surface area contributed by atoms with Crippen LogP contribution in [0, 0.1) is 5.92 Å². The number of nitrogens with one attached hydrogen (secondary N) is 1. The number of hydrazone groups is 1. The van der Waals surface area contributed by atoms with Crippen LogP contribution in [0.3, 0.4) is 0 Å². The molecule has 21 heavy (non-hydrogen) atoms. The first kappa shape index (κ1) is 13.8. The molecule has 1 aliphatic carbocycles. The maximum absolute atomic E-state index is 12.4. The SMILES string of the molecule is CC1CCCCC1=NNC(=O)c1cccc2ccccc12. The van der Waals surface area contributed by atoms with Crippen molar-refractivity contribution in [3.8, 4) is 0 Å². The normalized spacial score (nSPS) is 20.6. The Morgan fingerprint density at radius 1 is 1.14 bits per heavy atom. The summed E-state index contributed by atoms with van der Waals surface area (Å²) >= 11 is 0. The second-order valence-electron chi connectivity index (χ2n) is 5.72. The lowest BCUT2D eigenvalue weighted by atomic mass is 9.89. The molecule has 0 aromatic heterocycles. The molecular formula is C18H20N2O. The van der Waals surface area contributed by atoms with Gasteiger partial charge in [0.25, 0.3) is 5.91 Å². The molecule has 0 heterocycles. The number of carbonyl (C=O) groups excluding carboxylic acids is 1. The summed E-state index contributed by atoms with van der Waals surface area (Å²) in [6.07, 6.45) is 4.60. The minimum atomic E-state index is -0.128. The van der Waals surface area contributed by atoms with Gasteiger partial charge >= 0.3 is 0 Å². The first-order valence-corrected chi connectivity index (χ1v) is 7.60. The Bertz CT molecular complexity index is 685. The minimum absolute atomic E-state index is 0.128. The average molecular weight is 280 g/mol. The highest BCUT2D eigenvalue weighted by molar-refractivity contribution is 6.07. The van der Waals surface area contributed by atoms with Gasteiger partial charge in [0.15, 0.2) is 0 Å². The van der Waals surface area contributed by atoms with Crippen LogP contribution in [0.2, 0.25) is 0 Å². The van der Waals surface area contributed by atoms with Gasteiger partial charge in [0, 0.05) is 11.3 Å². The van der Waals surface area contributed by atoms with E-state index in [2.05, 4.69) is 17.5 Å². The molecule has 1 amide bonds. The van der Waals surface area contributed by atoms with Crippen molar-refractivity contribution < 1.29 is 4.79 Å². The van der Waals surface area contributed by atoms with Crippen LogP contribution >= 0.6 is 0 Å². The predicted molar refractivity (Wildman–Crippen MR) is 86.5 cm³/mol. The molecule has 0 bridgehead atoms. The van der Waals surface area contributed by atoms with Crippen molar-refractivity contribution in [2.45, 2.75) is 32.6 Å². The van der Waals surface area contributed by atoms with Gasteiger partial charge in [-0.05, 0) is 42.0 Å². The Balaban J connectivity index is 1.83. The molecule has 1 fully saturated rings. The maximum atomic E-state index is 12.4. The molecule has 0 aliphatic heterocycles. The Hall–Kier alpha value is -2.16. The molecule has 108 valence electrons. The summed E-state index contributed by atoms with van der Waals surface area (Å²) in [7, 11) is 0. The van der Waals surface area contributed by atoms with Gasteiger partial charge in [0.1, 0.15) is 0 Å². The first-order valence-electron chi connectivity index (χ1n) is 7.60. The first-order chi connectivity index (χ1) is 10.3. The summed E-state index contributed by atoms with van der Waals surface area (Å²) in [5.74, 6) is 0.351. The van der Waals surface area contributed by atoms with E-state index in [0.717, 1.165) is 22.9 Å². The number of hydrogen-bond acceptors (Lipinski definition) is 2. The lowest BCUT2D eigenvalue weighted by Gasteiger charge is -2.19. The Kier molecular flexibility index (Phi) is 4.00. The van der Waals surface area contributed by atoms with Crippen molar-refractivity contribution in [1.29, 1.82) is 0 Å². The molecule has 3 rings (SSSR count). The molecule has 0 spiro atoms. The van der Waals surface area contributed by atoms with Crippen molar-refractivity contribution in [2.75, 3.05) is 0 Å². The number of nitrogens with zero attached hydrogens (tertiary/aromatic N) is 1. The van der Waals surface area contributed by atoms with Gasteiger partial charge in [0.2, 0.25) is 0 Å². The highest BCUT2D eigenvalue weighted by atomic mass is 16.2. The molecule has 1 unspecified atom stereocenters. The van der Waals surface area contributed by atoms with Crippen molar-refractivity contribution in [2.24, 2.45) is 11.0 Å². The number of fused-ring (bicyclic) bond motifs is 1. The van der Waals surface area contributed by atoms with Crippen LogP contribution in [0.15, 0.2) is 47.6 Å². The molecule has 3 heteroatoms. The van der Waals surface area contributed by atoms with Crippen LogP contribution in [0.1, 0.15) is 43.0 Å². The second-order valence-corrected chi connectivity index (χ2v) is 5.72. The zero-order chi connectivity index (χ0) is 14.7. The largest absolute Gasteiger partial charge is 0.271 e. The molecule has 1 N–H and O–H groups in total. The Labute approximate surface area is 125 Å². The smallest absolute Gasteiger partial charge is 0.267 e. The topological polar surface area (TPSA) is 41.5 Å². The fourth-order valence-corrected chi connectivity index (χ4v) is 2.94.